The van der Waals surface area contributed by atoms with Crippen LogP contribution in [0.5, 0.6) is 0 Å². The van der Waals surface area contributed by atoms with Gasteiger partial charge in [-0.25, -0.2) is 22.6 Å². The number of carbonyl (C=O) groups excluding carboxylic acids is 2. The first-order chi connectivity index (χ1) is 21.6. The fraction of sp³-hybridized carbons (Fsp3) is 0.323. The van der Waals surface area contributed by atoms with Crippen LogP contribution in [0.15, 0.2) is 70.6 Å². The maximum absolute atomic E-state index is 14.0. The standard InChI is InChI=1S/C31H32F2N6O5S/c1-37-10-12-38(13-11-37)27-6-4-5-25(35-30(40)28-7-2-3-14-44-28)29(27)31(41)36-39-26-9-8-23(15-20(26)19-34-39)45(42,43)24-17-21(32)16-22(33)18-24/h4-6,8-9,15-19,28H,2-3,7,10-14H2,1H3,(H,35,40)(H,36,41). The molecule has 2 saturated heterocycles. The summed E-state index contributed by atoms with van der Waals surface area (Å²) in [5.74, 6) is -2.88. The Morgan fingerprint density at radius 3 is 2.42 bits per heavy atom. The first kappa shape index (κ1) is 30.6. The summed E-state index contributed by atoms with van der Waals surface area (Å²) in [7, 11) is -2.22. The minimum Gasteiger partial charge on any atom is -0.368 e. The molecule has 2 aliphatic heterocycles. The number of hydrogen-bond donors (Lipinski definition) is 2. The van der Waals surface area contributed by atoms with Gasteiger partial charge in [0.2, 0.25) is 9.84 Å². The molecule has 3 heterocycles. The predicted molar refractivity (Wildman–Crippen MR) is 164 cm³/mol. The largest absolute Gasteiger partial charge is 0.368 e. The molecular formula is C31H32F2N6O5S. The molecule has 45 heavy (non-hydrogen) atoms. The summed E-state index contributed by atoms with van der Waals surface area (Å²) in [6.07, 6.45) is 3.13. The van der Waals surface area contributed by atoms with E-state index in [4.69, 9.17) is 4.74 Å². The second kappa shape index (κ2) is 12.5. The lowest BCUT2D eigenvalue weighted by molar-refractivity contribution is -0.129. The molecule has 2 amide bonds. The first-order valence-corrected chi connectivity index (χ1v) is 16.1. The Morgan fingerprint density at radius 1 is 0.956 bits per heavy atom. The monoisotopic (exact) mass is 638 g/mol. The van der Waals surface area contributed by atoms with Crippen molar-refractivity contribution in [1.29, 1.82) is 0 Å². The van der Waals surface area contributed by atoms with Crippen molar-refractivity contribution in [2.24, 2.45) is 0 Å². The van der Waals surface area contributed by atoms with Gasteiger partial charge in [0.15, 0.2) is 0 Å². The van der Waals surface area contributed by atoms with E-state index in [1.54, 1.807) is 12.1 Å². The highest BCUT2D eigenvalue weighted by Crippen LogP contribution is 2.31. The van der Waals surface area contributed by atoms with E-state index in [9.17, 15) is 26.8 Å². The van der Waals surface area contributed by atoms with Gasteiger partial charge in [0.25, 0.3) is 11.8 Å². The maximum atomic E-state index is 14.0. The van der Waals surface area contributed by atoms with Gasteiger partial charge in [0, 0.05) is 44.2 Å². The summed E-state index contributed by atoms with van der Waals surface area (Å²) in [5, 5.41) is 7.51. The van der Waals surface area contributed by atoms with Gasteiger partial charge in [-0.15, -0.1) is 0 Å². The smallest absolute Gasteiger partial charge is 0.275 e. The van der Waals surface area contributed by atoms with Gasteiger partial charge < -0.3 is 19.9 Å². The summed E-state index contributed by atoms with van der Waals surface area (Å²) < 4.78 is 59.4. The lowest BCUT2D eigenvalue weighted by Crippen LogP contribution is -2.45. The number of piperazine rings is 1. The maximum Gasteiger partial charge on any atom is 0.275 e. The molecule has 11 nitrogen and oxygen atoms in total. The van der Waals surface area contributed by atoms with Crippen LogP contribution >= 0.6 is 0 Å². The molecule has 6 rings (SSSR count). The second-order valence-corrected chi connectivity index (χ2v) is 13.1. The number of anilines is 2. The van der Waals surface area contributed by atoms with Gasteiger partial charge in [-0.3, -0.25) is 9.59 Å². The summed E-state index contributed by atoms with van der Waals surface area (Å²) >= 11 is 0. The molecular weight excluding hydrogens is 606 g/mol. The van der Waals surface area contributed by atoms with Crippen molar-refractivity contribution in [1.82, 2.24) is 14.8 Å². The zero-order chi connectivity index (χ0) is 31.7. The molecule has 0 aliphatic carbocycles. The van der Waals surface area contributed by atoms with Crippen LogP contribution in [0.4, 0.5) is 20.2 Å². The molecule has 3 aromatic carbocycles. The minimum absolute atomic E-state index is 0.193. The number of amides is 2. The van der Waals surface area contributed by atoms with Gasteiger partial charge in [-0.05, 0) is 68.8 Å². The van der Waals surface area contributed by atoms with E-state index in [0.717, 1.165) is 38.1 Å². The van der Waals surface area contributed by atoms with E-state index in [1.165, 1.54) is 29.2 Å². The van der Waals surface area contributed by atoms with Crippen LogP contribution < -0.4 is 15.6 Å². The van der Waals surface area contributed by atoms with Crippen molar-refractivity contribution in [2.75, 3.05) is 55.5 Å². The third-order valence-electron chi connectivity index (χ3n) is 8.05. The number of sulfone groups is 1. The molecule has 0 radical (unpaired) electrons. The number of fused-ring (bicyclic) bond motifs is 1. The number of benzene rings is 3. The van der Waals surface area contributed by atoms with Gasteiger partial charge >= 0.3 is 0 Å². The normalized spacial score (nSPS) is 17.8. The molecule has 2 fully saturated rings. The van der Waals surface area contributed by atoms with Crippen molar-refractivity contribution in [3.8, 4) is 0 Å². The van der Waals surface area contributed by atoms with Crippen LogP contribution in [0, 0.1) is 11.6 Å². The number of rotatable bonds is 7. The summed E-state index contributed by atoms with van der Waals surface area (Å²) in [6, 6.07) is 11.4. The number of halogens is 2. The van der Waals surface area contributed by atoms with E-state index in [2.05, 4.69) is 25.6 Å². The average molecular weight is 639 g/mol. The van der Waals surface area contributed by atoms with E-state index in [0.29, 0.717) is 54.5 Å². The molecule has 0 bridgehead atoms. The van der Waals surface area contributed by atoms with Crippen molar-refractivity contribution in [2.45, 2.75) is 35.2 Å². The molecule has 4 aromatic rings. The highest BCUT2D eigenvalue weighted by atomic mass is 32.2. The number of nitrogens with zero attached hydrogens (tertiary/aromatic N) is 4. The van der Waals surface area contributed by atoms with Gasteiger partial charge in [0.1, 0.15) is 17.7 Å². The molecule has 2 N–H and O–H groups in total. The van der Waals surface area contributed by atoms with Crippen LogP contribution in [0.25, 0.3) is 10.9 Å². The third-order valence-corrected chi connectivity index (χ3v) is 9.78. The Bertz CT molecular complexity index is 1850. The minimum atomic E-state index is -4.24. The van der Waals surface area contributed by atoms with Gasteiger partial charge in [0.05, 0.1) is 38.4 Å². The van der Waals surface area contributed by atoms with Crippen molar-refractivity contribution < 1.29 is 31.5 Å². The van der Waals surface area contributed by atoms with E-state index < -0.39 is 38.4 Å². The predicted octanol–water partition coefficient (Wildman–Crippen LogP) is 3.79. The topological polar surface area (TPSA) is 126 Å². The molecule has 14 heteroatoms. The number of hydrogen-bond acceptors (Lipinski definition) is 8. The zero-order valence-electron chi connectivity index (χ0n) is 24.5. The van der Waals surface area contributed by atoms with Gasteiger partial charge in [-0.2, -0.15) is 9.89 Å². The molecule has 0 spiro atoms. The fourth-order valence-electron chi connectivity index (χ4n) is 5.59. The highest BCUT2D eigenvalue weighted by Gasteiger charge is 2.28. The number of aromatic nitrogens is 2. The third kappa shape index (κ3) is 6.39. The van der Waals surface area contributed by atoms with Crippen LogP contribution in [-0.2, 0) is 19.4 Å². The van der Waals surface area contributed by atoms with E-state index in [1.807, 2.05) is 13.1 Å². The lowest BCUT2D eigenvalue weighted by atomic mass is 10.1. The number of likely N-dealkylation sites (N-methyl/N-ethyl adjacent to an activating group) is 1. The fourth-order valence-corrected chi connectivity index (χ4v) is 6.93. The second-order valence-electron chi connectivity index (χ2n) is 11.2. The highest BCUT2D eigenvalue weighted by molar-refractivity contribution is 7.91. The van der Waals surface area contributed by atoms with Crippen molar-refractivity contribution in [3.05, 3.63) is 78.0 Å². The molecule has 236 valence electrons. The van der Waals surface area contributed by atoms with Crippen LogP contribution in [0.3, 0.4) is 0 Å². The number of ether oxygens (including phenoxy) is 1. The number of nitrogens with one attached hydrogen (secondary N) is 2. The quantitative estimate of drug-likeness (QED) is 0.313. The van der Waals surface area contributed by atoms with Crippen molar-refractivity contribution in [3.63, 3.8) is 0 Å². The Kier molecular flexibility index (Phi) is 8.53. The Balaban J connectivity index is 1.31. The van der Waals surface area contributed by atoms with Gasteiger partial charge in [-0.1, -0.05) is 6.07 Å². The average Bonchev–Trinajstić information content (AvgIpc) is 3.43. The molecule has 1 aromatic heterocycles. The van der Waals surface area contributed by atoms with Crippen LogP contribution in [0.2, 0.25) is 0 Å². The summed E-state index contributed by atoms with van der Waals surface area (Å²) in [6.45, 7) is 3.45. The number of carbonyl (C=O) groups is 2. The molecule has 2 aliphatic rings. The summed E-state index contributed by atoms with van der Waals surface area (Å²) in [5.41, 5.74) is 4.38. The summed E-state index contributed by atoms with van der Waals surface area (Å²) in [4.78, 5) is 31.9. The SMILES string of the molecule is CN1CCN(c2cccc(NC(=O)C3CCCCO3)c2C(=O)Nn2ncc3cc(S(=O)(=O)c4cc(F)cc(F)c4)ccc32)CC1. The molecule has 0 saturated carbocycles. The van der Waals surface area contributed by atoms with Crippen LogP contribution in [-0.4, -0.2) is 81.0 Å². The molecule has 1 atom stereocenters. The van der Waals surface area contributed by atoms with E-state index in [-0.39, 0.29) is 16.4 Å². The molecule has 1 unspecified atom stereocenters. The Hall–Kier alpha value is -4.40. The van der Waals surface area contributed by atoms with E-state index >= 15 is 0 Å². The Morgan fingerprint density at radius 2 is 1.71 bits per heavy atom. The van der Waals surface area contributed by atoms with Crippen molar-refractivity contribution >= 4 is 43.9 Å². The lowest BCUT2D eigenvalue weighted by Gasteiger charge is -2.35. The zero-order valence-corrected chi connectivity index (χ0v) is 25.3. The van der Waals surface area contributed by atoms with Crippen LogP contribution in [0.1, 0.15) is 29.6 Å². The Labute approximate surface area is 258 Å². The first-order valence-electron chi connectivity index (χ1n) is 14.6.